The van der Waals surface area contributed by atoms with E-state index in [2.05, 4.69) is 0 Å². The molecule has 1 aromatic rings. The van der Waals surface area contributed by atoms with Crippen LogP contribution in [0.15, 0.2) is 41.9 Å². The topological polar surface area (TPSA) is 72.9 Å². The fourth-order valence-corrected chi connectivity index (χ4v) is 3.53. The molecule has 1 aromatic carbocycles. The van der Waals surface area contributed by atoms with Gasteiger partial charge in [0.05, 0.1) is 16.9 Å². The second-order valence-electron chi connectivity index (χ2n) is 8.02. The standard InChI is InChI=1S/C21H24BNO5S/c1-14(24)29-13-16(22-27-20(2,3)21(4,5)28-22)12-15-6-8-17(9-7-15)23-18(25)10-11-19(23)26/h6-12H,13H2,1-5H3. The minimum Gasteiger partial charge on any atom is -0.400 e. The second-order valence-corrected chi connectivity index (χ2v) is 9.18. The molecule has 0 radical (unpaired) electrons. The van der Waals surface area contributed by atoms with Crippen molar-refractivity contribution in [1.29, 1.82) is 0 Å². The number of carbonyl (C=O) groups is 3. The van der Waals surface area contributed by atoms with Crippen LogP contribution in [-0.2, 0) is 23.7 Å². The molecular weight excluding hydrogens is 389 g/mol. The molecule has 0 atom stereocenters. The van der Waals surface area contributed by atoms with Gasteiger partial charge in [0.2, 0.25) is 0 Å². The summed E-state index contributed by atoms with van der Waals surface area (Å²) in [7, 11) is -0.558. The predicted octanol–water partition coefficient (Wildman–Crippen LogP) is 3.41. The number of nitrogens with zero attached hydrogens (tertiary/aromatic N) is 1. The Labute approximate surface area is 175 Å². The Morgan fingerprint density at radius 3 is 2.03 bits per heavy atom. The average molecular weight is 413 g/mol. The highest BCUT2D eigenvalue weighted by atomic mass is 32.2. The number of thioether (sulfide) groups is 1. The first kappa shape index (κ1) is 21.6. The zero-order valence-electron chi connectivity index (χ0n) is 17.2. The van der Waals surface area contributed by atoms with Crippen LogP contribution in [0.4, 0.5) is 5.69 Å². The predicted molar refractivity (Wildman–Crippen MR) is 115 cm³/mol. The molecule has 0 unspecified atom stereocenters. The van der Waals surface area contributed by atoms with E-state index in [1.807, 2.05) is 45.9 Å². The SMILES string of the molecule is CC(=O)SCC(=Cc1ccc(N2C(=O)C=CC2=O)cc1)B1OC(C)(C)C(C)(C)O1. The number of anilines is 1. The van der Waals surface area contributed by atoms with Crippen LogP contribution < -0.4 is 4.90 Å². The quantitative estimate of drug-likeness (QED) is 0.544. The molecule has 0 saturated carbocycles. The van der Waals surface area contributed by atoms with Crippen LogP contribution in [-0.4, -0.2) is 41.0 Å². The van der Waals surface area contributed by atoms with Gasteiger partial charge in [-0.15, -0.1) is 0 Å². The molecule has 2 amide bonds. The number of rotatable bonds is 5. The molecule has 6 nitrogen and oxygen atoms in total. The van der Waals surface area contributed by atoms with E-state index in [0.717, 1.165) is 15.9 Å². The lowest BCUT2D eigenvalue weighted by molar-refractivity contribution is -0.120. The van der Waals surface area contributed by atoms with E-state index in [1.165, 1.54) is 30.8 Å². The van der Waals surface area contributed by atoms with Crippen molar-refractivity contribution >= 4 is 47.6 Å². The first-order valence-corrected chi connectivity index (χ1v) is 10.3. The number of hydrogen-bond donors (Lipinski definition) is 0. The summed E-state index contributed by atoms with van der Waals surface area (Å²) in [5.74, 6) is -0.260. The minimum atomic E-state index is -0.558. The van der Waals surface area contributed by atoms with Crippen LogP contribution in [0.2, 0.25) is 0 Å². The molecule has 3 rings (SSSR count). The normalized spacial score (nSPS) is 20.7. The monoisotopic (exact) mass is 413 g/mol. The molecule has 2 heterocycles. The largest absolute Gasteiger partial charge is 0.491 e. The molecule has 0 aliphatic carbocycles. The molecule has 2 aliphatic rings. The van der Waals surface area contributed by atoms with Gasteiger partial charge in [-0.05, 0) is 50.9 Å². The molecule has 0 bridgehead atoms. The summed E-state index contributed by atoms with van der Waals surface area (Å²) in [6.45, 7) is 9.45. The molecule has 1 fully saturated rings. The summed E-state index contributed by atoms with van der Waals surface area (Å²) in [6.07, 6.45) is 4.44. The highest BCUT2D eigenvalue weighted by molar-refractivity contribution is 8.13. The summed E-state index contributed by atoms with van der Waals surface area (Å²) in [5.41, 5.74) is 1.24. The van der Waals surface area contributed by atoms with Crippen molar-refractivity contribution in [2.75, 3.05) is 10.7 Å². The van der Waals surface area contributed by atoms with Gasteiger partial charge in [0.15, 0.2) is 5.12 Å². The number of benzene rings is 1. The third kappa shape index (κ3) is 4.55. The van der Waals surface area contributed by atoms with Gasteiger partial charge in [-0.2, -0.15) is 0 Å². The lowest BCUT2D eigenvalue weighted by atomic mass is 9.78. The van der Waals surface area contributed by atoms with E-state index in [9.17, 15) is 14.4 Å². The van der Waals surface area contributed by atoms with Crippen LogP contribution in [0.25, 0.3) is 6.08 Å². The van der Waals surface area contributed by atoms with Gasteiger partial charge in [0.1, 0.15) is 0 Å². The maximum absolute atomic E-state index is 11.8. The Hall–Kier alpha value is -2.16. The summed E-state index contributed by atoms with van der Waals surface area (Å²) in [5, 5.41) is 0.0151. The van der Waals surface area contributed by atoms with Gasteiger partial charge in [0.25, 0.3) is 11.8 Å². The van der Waals surface area contributed by atoms with E-state index in [1.54, 1.807) is 12.1 Å². The number of amides is 2. The average Bonchev–Trinajstić information content (AvgIpc) is 3.07. The molecule has 29 heavy (non-hydrogen) atoms. The first-order chi connectivity index (χ1) is 13.5. The van der Waals surface area contributed by atoms with E-state index in [-0.39, 0.29) is 16.9 Å². The third-order valence-electron chi connectivity index (χ3n) is 5.31. The molecule has 8 heteroatoms. The second kappa shape index (κ2) is 7.93. The molecule has 0 aromatic heterocycles. The van der Waals surface area contributed by atoms with Gasteiger partial charge >= 0.3 is 7.12 Å². The molecule has 0 N–H and O–H groups in total. The molecule has 1 saturated heterocycles. The number of carbonyl (C=O) groups excluding carboxylic acids is 3. The lowest BCUT2D eigenvalue weighted by Crippen LogP contribution is -2.41. The first-order valence-electron chi connectivity index (χ1n) is 9.36. The molecule has 2 aliphatic heterocycles. The highest BCUT2D eigenvalue weighted by Gasteiger charge is 2.52. The van der Waals surface area contributed by atoms with Gasteiger partial charge in [0, 0.05) is 24.8 Å². The van der Waals surface area contributed by atoms with Crippen LogP contribution in [0, 0.1) is 0 Å². The minimum absolute atomic E-state index is 0.0151. The van der Waals surface area contributed by atoms with Crippen molar-refractivity contribution in [2.45, 2.75) is 45.8 Å². The van der Waals surface area contributed by atoms with Gasteiger partial charge in [-0.1, -0.05) is 30.0 Å². The van der Waals surface area contributed by atoms with Crippen molar-refractivity contribution in [2.24, 2.45) is 0 Å². The smallest absolute Gasteiger partial charge is 0.400 e. The van der Waals surface area contributed by atoms with Crippen LogP contribution >= 0.6 is 11.8 Å². The van der Waals surface area contributed by atoms with Crippen molar-refractivity contribution < 1.29 is 23.7 Å². The van der Waals surface area contributed by atoms with Crippen molar-refractivity contribution in [3.05, 3.63) is 47.5 Å². The van der Waals surface area contributed by atoms with E-state index >= 15 is 0 Å². The van der Waals surface area contributed by atoms with Gasteiger partial charge in [-0.3, -0.25) is 14.4 Å². The lowest BCUT2D eigenvalue weighted by Gasteiger charge is -2.32. The van der Waals surface area contributed by atoms with Crippen LogP contribution in [0.1, 0.15) is 40.2 Å². The van der Waals surface area contributed by atoms with E-state index in [4.69, 9.17) is 9.31 Å². The fraction of sp³-hybridized carbons (Fsp3) is 0.381. The highest BCUT2D eigenvalue weighted by Crippen LogP contribution is 2.39. The molecular formula is C21H24BNO5S. The Kier molecular flexibility index (Phi) is 5.90. The molecule has 0 spiro atoms. The van der Waals surface area contributed by atoms with Gasteiger partial charge < -0.3 is 9.31 Å². The van der Waals surface area contributed by atoms with Crippen LogP contribution in [0.5, 0.6) is 0 Å². The van der Waals surface area contributed by atoms with Crippen LogP contribution in [0.3, 0.4) is 0 Å². The van der Waals surface area contributed by atoms with E-state index < -0.39 is 18.3 Å². The van der Waals surface area contributed by atoms with E-state index in [0.29, 0.717) is 11.4 Å². The maximum atomic E-state index is 11.8. The summed E-state index contributed by atoms with van der Waals surface area (Å²) in [6, 6.07) is 7.07. The summed E-state index contributed by atoms with van der Waals surface area (Å²) in [4.78, 5) is 36.3. The number of imide groups is 1. The van der Waals surface area contributed by atoms with Crippen molar-refractivity contribution in [3.8, 4) is 0 Å². The number of hydrogen-bond acceptors (Lipinski definition) is 6. The summed E-state index contributed by atoms with van der Waals surface area (Å²) < 4.78 is 12.3. The van der Waals surface area contributed by atoms with Gasteiger partial charge in [-0.25, -0.2) is 4.90 Å². The third-order valence-corrected chi connectivity index (χ3v) is 6.19. The zero-order chi connectivity index (χ0) is 21.4. The molecule has 152 valence electrons. The Morgan fingerprint density at radius 2 is 1.55 bits per heavy atom. The zero-order valence-corrected chi connectivity index (χ0v) is 18.0. The Morgan fingerprint density at radius 1 is 1.03 bits per heavy atom. The fourth-order valence-electron chi connectivity index (χ4n) is 2.95. The maximum Gasteiger partial charge on any atom is 0.491 e. The Bertz CT molecular complexity index is 870. The summed E-state index contributed by atoms with van der Waals surface area (Å²) >= 11 is 1.20. The van der Waals surface area contributed by atoms with Crippen molar-refractivity contribution in [3.63, 3.8) is 0 Å². The Balaban J connectivity index is 1.85. The van der Waals surface area contributed by atoms with Crippen molar-refractivity contribution in [1.82, 2.24) is 0 Å².